The Labute approximate surface area is 113 Å². The van der Waals surface area contributed by atoms with Crippen LogP contribution in [-0.4, -0.2) is 29.2 Å². The van der Waals surface area contributed by atoms with Gasteiger partial charge < -0.3 is 14.6 Å². The molecule has 0 aromatic carbocycles. The highest BCUT2D eigenvalue weighted by Crippen LogP contribution is 2.20. The number of carbonyl (C=O) groups excluding carboxylic acids is 1. The fourth-order valence-corrected chi connectivity index (χ4v) is 2.24. The third-order valence-corrected chi connectivity index (χ3v) is 3.32. The molecule has 0 fully saturated rings. The summed E-state index contributed by atoms with van der Waals surface area (Å²) in [7, 11) is 1.67. The summed E-state index contributed by atoms with van der Waals surface area (Å²) in [6.07, 6.45) is 9.64. The number of nitrogens with zero attached hydrogens (tertiary/aromatic N) is 2. The second kappa shape index (κ2) is 7.09. The Morgan fingerprint density at radius 2 is 2.47 bits per heavy atom. The molecule has 0 aliphatic heterocycles. The molecule has 0 radical (unpaired) electrons. The number of hydrogen-bond donors (Lipinski definition) is 1. The molecule has 0 unspecified atom stereocenters. The Bertz CT molecular complexity index is 451. The zero-order chi connectivity index (χ0) is 13.5. The Kier molecular flexibility index (Phi) is 5.15. The Hall–Kier alpha value is -1.62. The molecule has 1 aromatic heterocycles. The van der Waals surface area contributed by atoms with Gasteiger partial charge in [-0.15, -0.1) is 0 Å². The molecule has 104 valence electrons. The van der Waals surface area contributed by atoms with Gasteiger partial charge in [0, 0.05) is 26.3 Å². The summed E-state index contributed by atoms with van der Waals surface area (Å²) < 4.78 is 7.04. The minimum absolute atomic E-state index is 0.0904. The number of nitrogens with one attached hydrogen (secondary N) is 1. The molecule has 1 N–H and O–H groups in total. The lowest BCUT2D eigenvalue weighted by Crippen LogP contribution is -2.24. The number of hydrogen-bond acceptors (Lipinski definition) is 3. The predicted molar refractivity (Wildman–Crippen MR) is 72.5 cm³/mol. The van der Waals surface area contributed by atoms with Gasteiger partial charge in [-0.1, -0.05) is 11.6 Å². The normalized spacial score (nSPS) is 14.5. The number of imidazole rings is 1. The van der Waals surface area contributed by atoms with E-state index in [1.165, 1.54) is 12.0 Å². The van der Waals surface area contributed by atoms with Crippen LogP contribution < -0.4 is 5.32 Å². The van der Waals surface area contributed by atoms with Crippen molar-refractivity contribution >= 4 is 5.91 Å². The standard InChI is InChI=1S/C14H21N3O2/c1-19-7-6-17-11-15-9-13(17)10-16-14(18)8-12-4-2-3-5-12/h4,9,11H,2-3,5-8,10H2,1H3,(H,16,18). The van der Waals surface area contributed by atoms with Gasteiger partial charge in [0.05, 0.1) is 25.2 Å². The monoisotopic (exact) mass is 263 g/mol. The molecule has 0 spiro atoms. The molecule has 5 nitrogen and oxygen atoms in total. The summed E-state index contributed by atoms with van der Waals surface area (Å²) in [4.78, 5) is 15.9. The molecule has 19 heavy (non-hydrogen) atoms. The van der Waals surface area contributed by atoms with Crippen LogP contribution in [0.4, 0.5) is 0 Å². The second-order valence-electron chi connectivity index (χ2n) is 4.78. The van der Waals surface area contributed by atoms with E-state index in [4.69, 9.17) is 4.74 Å². The van der Waals surface area contributed by atoms with Gasteiger partial charge in [-0.05, 0) is 19.3 Å². The van der Waals surface area contributed by atoms with E-state index in [2.05, 4.69) is 16.4 Å². The van der Waals surface area contributed by atoms with Gasteiger partial charge in [-0.3, -0.25) is 4.79 Å². The van der Waals surface area contributed by atoms with Gasteiger partial charge in [0.15, 0.2) is 0 Å². The van der Waals surface area contributed by atoms with Gasteiger partial charge in [0.25, 0.3) is 0 Å². The van der Waals surface area contributed by atoms with Crippen molar-refractivity contribution in [3.63, 3.8) is 0 Å². The molecule has 2 rings (SSSR count). The van der Waals surface area contributed by atoms with Crippen molar-refractivity contribution in [2.45, 2.75) is 38.8 Å². The predicted octanol–water partition coefficient (Wildman–Crippen LogP) is 1.65. The average molecular weight is 263 g/mol. The van der Waals surface area contributed by atoms with Crippen LogP contribution >= 0.6 is 0 Å². The van der Waals surface area contributed by atoms with E-state index < -0.39 is 0 Å². The number of amides is 1. The van der Waals surface area contributed by atoms with Crippen LogP contribution in [0.25, 0.3) is 0 Å². The number of allylic oxidation sites excluding steroid dienone is 1. The molecule has 5 heteroatoms. The van der Waals surface area contributed by atoms with Crippen LogP contribution in [0, 0.1) is 0 Å². The Morgan fingerprint density at radius 3 is 3.21 bits per heavy atom. The SMILES string of the molecule is COCCn1cncc1CNC(=O)CC1=CCCC1. The van der Waals surface area contributed by atoms with Crippen LogP contribution in [0.15, 0.2) is 24.2 Å². The maximum Gasteiger partial charge on any atom is 0.224 e. The van der Waals surface area contributed by atoms with Crippen molar-refractivity contribution in [2.24, 2.45) is 0 Å². The maximum absolute atomic E-state index is 11.8. The molecule has 0 saturated heterocycles. The van der Waals surface area contributed by atoms with Gasteiger partial charge in [-0.25, -0.2) is 4.98 Å². The highest BCUT2D eigenvalue weighted by molar-refractivity contribution is 5.78. The first-order chi connectivity index (χ1) is 9.29. The van der Waals surface area contributed by atoms with Crippen molar-refractivity contribution in [1.29, 1.82) is 0 Å². The molecule has 1 aliphatic carbocycles. The molecule has 1 aliphatic rings. The summed E-state index contributed by atoms with van der Waals surface area (Å²) in [5.74, 6) is 0.0904. The highest BCUT2D eigenvalue weighted by atomic mass is 16.5. The largest absolute Gasteiger partial charge is 0.383 e. The van der Waals surface area contributed by atoms with Crippen molar-refractivity contribution in [3.8, 4) is 0 Å². The van der Waals surface area contributed by atoms with Crippen molar-refractivity contribution in [2.75, 3.05) is 13.7 Å². The molecule has 1 amide bonds. The quantitative estimate of drug-likeness (QED) is 0.761. The van der Waals surface area contributed by atoms with E-state index in [1.54, 1.807) is 19.6 Å². The summed E-state index contributed by atoms with van der Waals surface area (Å²) >= 11 is 0. The number of aromatic nitrogens is 2. The summed E-state index contributed by atoms with van der Waals surface area (Å²) in [6, 6.07) is 0. The average Bonchev–Trinajstić information content (AvgIpc) is 3.05. The highest BCUT2D eigenvalue weighted by Gasteiger charge is 2.10. The summed E-state index contributed by atoms with van der Waals surface area (Å²) in [5.41, 5.74) is 2.27. The lowest BCUT2D eigenvalue weighted by atomic mass is 10.1. The van der Waals surface area contributed by atoms with E-state index >= 15 is 0 Å². The molecular weight excluding hydrogens is 242 g/mol. The van der Waals surface area contributed by atoms with E-state index in [9.17, 15) is 4.79 Å². The fraction of sp³-hybridized carbons (Fsp3) is 0.571. The van der Waals surface area contributed by atoms with Gasteiger partial charge >= 0.3 is 0 Å². The Balaban J connectivity index is 1.78. The first-order valence-corrected chi connectivity index (χ1v) is 6.72. The van der Waals surface area contributed by atoms with Crippen LogP contribution in [0.5, 0.6) is 0 Å². The van der Waals surface area contributed by atoms with E-state index in [1.807, 2.05) is 4.57 Å². The van der Waals surface area contributed by atoms with Gasteiger partial charge in [0.1, 0.15) is 0 Å². The first kappa shape index (κ1) is 13.8. The van der Waals surface area contributed by atoms with Crippen LogP contribution in [0.2, 0.25) is 0 Å². The Morgan fingerprint density at radius 1 is 1.58 bits per heavy atom. The molecule has 1 aromatic rings. The smallest absolute Gasteiger partial charge is 0.224 e. The van der Waals surface area contributed by atoms with Gasteiger partial charge in [0.2, 0.25) is 5.91 Å². The van der Waals surface area contributed by atoms with E-state index in [0.29, 0.717) is 19.6 Å². The molecule has 0 saturated carbocycles. The third kappa shape index (κ3) is 4.21. The lowest BCUT2D eigenvalue weighted by molar-refractivity contribution is -0.120. The summed E-state index contributed by atoms with van der Waals surface area (Å²) in [5, 5.41) is 2.95. The summed E-state index contributed by atoms with van der Waals surface area (Å²) in [6.45, 7) is 1.92. The van der Waals surface area contributed by atoms with Crippen molar-refractivity contribution in [3.05, 3.63) is 29.9 Å². The fourth-order valence-electron chi connectivity index (χ4n) is 2.24. The topological polar surface area (TPSA) is 56.1 Å². The third-order valence-electron chi connectivity index (χ3n) is 3.32. The molecular formula is C14H21N3O2. The molecule has 1 heterocycles. The zero-order valence-electron chi connectivity index (χ0n) is 11.4. The maximum atomic E-state index is 11.8. The number of methoxy groups -OCH3 is 1. The first-order valence-electron chi connectivity index (χ1n) is 6.72. The minimum Gasteiger partial charge on any atom is -0.383 e. The van der Waals surface area contributed by atoms with Gasteiger partial charge in [-0.2, -0.15) is 0 Å². The van der Waals surface area contributed by atoms with E-state index in [0.717, 1.165) is 25.1 Å². The van der Waals surface area contributed by atoms with Crippen molar-refractivity contribution < 1.29 is 9.53 Å². The number of carbonyl (C=O) groups is 1. The van der Waals surface area contributed by atoms with Crippen LogP contribution in [-0.2, 0) is 22.6 Å². The second-order valence-corrected chi connectivity index (χ2v) is 4.78. The molecule has 0 atom stereocenters. The minimum atomic E-state index is 0.0904. The van der Waals surface area contributed by atoms with E-state index in [-0.39, 0.29) is 5.91 Å². The number of rotatable bonds is 7. The van der Waals surface area contributed by atoms with Crippen LogP contribution in [0.3, 0.4) is 0 Å². The van der Waals surface area contributed by atoms with Crippen LogP contribution in [0.1, 0.15) is 31.4 Å². The molecule has 0 bridgehead atoms. The zero-order valence-corrected chi connectivity index (χ0v) is 11.4. The lowest BCUT2D eigenvalue weighted by Gasteiger charge is -2.09. The van der Waals surface area contributed by atoms with Crippen molar-refractivity contribution in [1.82, 2.24) is 14.9 Å². The number of ether oxygens (including phenoxy) is 1.